The molecule has 0 saturated heterocycles. The van der Waals surface area contributed by atoms with Crippen LogP contribution in [0.4, 0.5) is 11.4 Å². The minimum absolute atomic E-state index is 0.0964. The summed E-state index contributed by atoms with van der Waals surface area (Å²) in [6, 6.07) is 6.37. The van der Waals surface area contributed by atoms with Crippen LogP contribution in [0.5, 0.6) is 0 Å². The minimum atomic E-state index is -0.407. The van der Waals surface area contributed by atoms with Gasteiger partial charge in [-0.2, -0.15) is 0 Å². The largest absolute Gasteiger partial charge is 0.379 e. The lowest BCUT2D eigenvalue weighted by atomic mass is 10.3. The summed E-state index contributed by atoms with van der Waals surface area (Å²) in [6.45, 7) is 3.57. The first-order valence-electron chi connectivity index (χ1n) is 5.68. The Morgan fingerprint density at radius 2 is 2.11 bits per heavy atom. The molecule has 0 atom stereocenters. The average molecular weight is 246 g/mol. The Balaban J connectivity index is 2.00. The molecule has 18 heavy (non-hydrogen) atoms. The quantitative estimate of drug-likeness (QED) is 0.649. The molecule has 1 aromatic carbocycles. The number of nitro benzene ring substituents is 1. The number of benzene rings is 1. The van der Waals surface area contributed by atoms with Crippen LogP contribution in [-0.4, -0.2) is 14.5 Å². The number of anilines is 1. The Kier molecular flexibility index (Phi) is 3.57. The number of imidazole rings is 1. The lowest BCUT2D eigenvalue weighted by molar-refractivity contribution is -0.384. The van der Waals surface area contributed by atoms with Crippen LogP contribution in [0, 0.1) is 10.1 Å². The predicted molar refractivity (Wildman–Crippen MR) is 68.3 cm³/mol. The van der Waals surface area contributed by atoms with Crippen molar-refractivity contribution in [3.63, 3.8) is 0 Å². The summed E-state index contributed by atoms with van der Waals surface area (Å²) in [5, 5.41) is 13.7. The number of nitrogens with one attached hydrogen (secondary N) is 1. The lowest BCUT2D eigenvalue weighted by Gasteiger charge is -2.08. The summed E-state index contributed by atoms with van der Waals surface area (Å²) in [5.74, 6) is 0. The van der Waals surface area contributed by atoms with Crippen molar-refractivity contribution < 1.29 is 4.92 Å². The number of aryl methyl sites for hydroxylation is 1. The van der Waals surface area contributed by atoms with Gasteiger partial charge in [0.2, 0.25) is 0 Å². The molecule has 2 rings (SSSR count). The van der Waals surface area contributed by atoms with E-state index in [1.54, 1.807) is 18.5 Å². The predicted octanol–water partition coefficient (Wildman–Crippen LogP) is 2.42. The van der Waals surface area contributed by atoms with Crippen LogP contribution in [0.3, 0.4) is 0 Å². The SMILES string of the molecule is CCn1cncc1CNc1ccc([N+](=O)[O-])cc1. The van der Waals surface area contributed by atoms with Gasteiger partial charge in [0.25, 0.3) is 5.69 Å². The summed E-state index contributed by atoms with van der Waals surface area (Å²) in [5.41, 5.74) is 2.03. The number of nitrogens with zero attached hydrogens (tertiary/aromatic N) is 3. The molecule has 6 nitrogen and oxygen atoms in total. The number of hydrogen-bond acceptors (Lipinski definition) is 4. The van der Waals surface area contributed by atoms with Crippen molar-refractivity contribution in [1.29, 1.82) is 0 Å². The van der Waals surface area contributed by atoms with Crippen molar-refractivity contribution in [2.75, 3.05) is 5.32 Å². The summed E-state index contributed by atoms with van der Waals surface area (Å²) >= 11 is 0. The van der Waals surface area contributed by atoms with E-state index in [2.05, 4.69) is 17.2 Å². The molecule has 1 aromatic heterocycles. The Morgan fingerprint density at radius 3 is 2.72 bits per heavy atom. The van der Waals surface area contributed by atoms with Crippen LogP contribution >= 0.6 is 0 Å². The second-order valence-electron chi connectivity index (χ2n) is 3.83. The molecule has 0 radical (unpaired) electrons. The Hall–Kier alpha value is -2.37. The molecule has 0 amide bonds. The highest BCUT2D eigenvalue weighted by molar-refractivity contribution is 5.48. The van der Waals surface area contributed by atoms with Crippen molar-refractivity contribution in [2.45, 2.75) is 20.0 Å². The van der Waals surface area contributed by atoms with Crippen molar-refractivity contribution >= 4 is 11.4 Å². The molecule has 6 heteroatoms. The van der Waals surface area contributed by atoms with Gasteiger partial charge in [0, 0.05) is 30.6 Å². The monoisotopic (exact) mass is 246 g/mol. The molecule has 0 unspecified atom stereocenters. The molecule has 0 saturated carbocycles. The number of hydrogen-bond donors (Lipinski definition) is 1. The fourth-order valence-electron chi connectivity index (χ4n) is 1.67. The van der Waals surface area contributed by atoms with Crippen LogP contribution in [0.2, 0.25) is 0 Å². The zero-order chi connectivity index (χ0) is 13.0. The van der Waals surface area contributed by atoms with Crippen LogP contribution in [0.1, 0.15) is 12.6 Å². The third-order valence-corrected chi connectivity index (χ3v) is 2.69. The number of nitro groups is 1. The molecule has 0 aliphatic rings. The Bertz CT molecular complexity index is 533. The first kappa shape index (κ1) is 12.1. The summed E-state index contributed by atoms with van der Waals surface area (Å²) < 4.78 is 2.04. The molecular formula is C12H14N4O2. The Morgan fingerprint density at radius 1 is 1.39 bits per heavy atom. The smallest absolute Gasteiger partial charge is 0.269 e. The summed E-state index contributed by atoms with van der Waals surface area (Å²) in [4.78, 5) is 14.2. The topological polar surface area (TPSA) is 73.0 Å². The van der Waals surface area contributed by atoms with Crippen molar-refractivity contribution in [1.82, 2.24) is 9.55 Å². The van der Waals surface area contributed by atoms with Crippen molar-refractivity contribution in [3.05, 3.63) is 52.6 Å². The Labute approximate surface area is 104 Å². The van der Waals surface area contributed by atoms with E-state index < -0.39 is 4.92 Å². The highest BCUT2D eigenvalue weighted by Gasteiger charge is 2.04. The first-order chi connectivity index (χ1) is 8.70. The number of non-ortho nitro benzene ring substituents is 1. The van der Waals surface area contributed by atoms with Gasteiger partial charge in [-0.1, -0.05) is 0 Å². The number of aromatic nitrogens is 2. The van der Waals surface area contributed by atoms with Gasteiger partial charge < -0.3 is 9.88 Å². The van der Waals surface area contributed by atoms with E-state index in [0.717, 1.165) is 17.9 Å². The van der Waals surface area contributed by atoms with E-state index >= 15 is 0 Å². The second-order valence-corrected chi connectivity index (χ2v) is 3.83. The van der Waals surface area contributed by atoms with Gasteiger partial charge in [0.05, 0.1) is 23.5 Å². The normalized spacial score (nSPS) is 10.3. The first-order valence-corrected chi connectivity index (χ1v) is 5.68. The molecule has 1 N–H and O–H groups in total. The molecule has 0 bridgehead atoms. The maximum absolute atomic E-state index is 10.5. The van der Waals surface area contributed by atoms with Gasteiger partial charge in [-0.05, 0) is 19.1 Å². The maximum atomic E-state index is 10.5. The van der Waals surface area contributed by atoms with Gasteiger partial charge in [0.1, 0.15) is 0 Å². The maximum Gasteiger partial charge on any atom is 0.269 e. The van der Waals surface area contributed by atoms with E-state index in [1.165, 1.54) is 12.1 Å². The fraction of sp³-hybridized carbons (Fsp3) is 0.250. The zero-order valence-corrected chi connectivity index (χ0v) is 10.0. The molecule has 0 fully saturated rings. The van der Waals surface area contributed by atoms with E-state index in [-0.39, 0.29) is 5.69 Å². The molecular weight excluding hydrogens is 232 g/mol. The third-order valence-electron chi connectivity index (χ3n) is 2.69. The highest BCUT2D eigenvalue weighted by Crippen LogP contribution is 2.16. The second kappa shape index (κ2) is 5.31. The van der Waals surface area contributed by atoms with E-state index in [9.17, 15) is 10.1 Å². The van der Waals surface area contributed by atoms with Crippen molar-refractivity contribution in [3.8, 4) is 0 Å². The van der Waals surface area contributed by atoms with Gasteiger partial charge in [-0.25, -0.2) is 4.98 Å². The standard InChI is InChI=1S/C12H14N4O2/c1-2-15-9-13-7-12(15)8-14-10-3-5-11(6-4-10)16(17)18/h3-7,9,14H,2,8H2,1H3. The van der Waals surface area contributed by atoms with E-state index in [0.29, 0.717) is 6.54 Å². The number of rotatable bonds is 5. The average Bonchev–Trinajstić information content (AvgIpc) is 2.84. The molecule has 0 spiro atoms. The van der Waals surface area contributed by atoms with Crippen LogP contribution < -0.4 is 5.32 Å². The molecule has 94 valence electrons. The van der Waals surface area contributed by atoms with Gasteiger partial charge in [-0.15, -0.1) is 0 Å². The molecule has 0 aliphatic carbocycles. The van der Waals surface area contributed by atoms with E-state index in [1.807, 2.05) is 10.8 Å². The van der Waals surface area contributed by atoms with Gasteiger partial charge >= 0.3 is 0 Å². The van der Waals surface area contributed by atoms with E-state index in [4.69, 9.17) is 0 Å². The van der Waals surface area contributed by atoms with Crippen LogP contribution in [-0.2, 0) is 13.1 Å². The summed E-state index contributed by atoms with van der Waals surface area (Å²) in [6.07, 6.45) is 3.59. The van der Waals surface area contributed by atoms with Gasteiger partial charge in [0.15, 0.2) is 0 Å². The zero-order valence-electron chi connectivity index (χ0n) is 10.0. The lowest BCUT2D eigenvalue weighted by Crippen LogP contribution is -2.05. The van der Waals surface area contributed by atoms with Crippen LogP contribution in [0.25, 0.3) is 0 Å². The van der Waals surface area contributed by atoms with Crippen molar-refractivity contribution in [2.24, 2.45) is 0 Å². The molecule has 2 aromatic rings. The minimum Gasteiger partial charge on any atom is -0.379 e. The fourth-order valence-corrected chi connectivity index (χ4v) is 1.67. The van der Waals surface area contributed by atoms with Crippen LogP contribution in [0.15, 0.2) is 36.8 Å². The van der Waals surface area contributed by atoms with Gasteiger partial charge in [-0.3, -0.25) is 10.1 Å². The molecule has 1 heterocycles. The third kappa shape index (κ3) is 2.65. The summed E-state index contributed by atoms with van der Waals surface area (Å²) in [7, 11) is 0. The highest BCUT2D eigenvalue weighted by atomic mass is 16.6. The molecule has 0 aliphatic heterocycles.